The highest BCUT2D eigenvalue weighted by Crippen LogP contribution is 2.68. The second-order valence-electron chi connectivity index (χ2n) is 11.2. The number of rotatable bonds is 8. The summed E-state index contributed by atoms with van der Waals surface area (Å²) in [6, 6.07) is 11.0. The van der Waals surface area contributed by atoms with Crippen molar-refractivity contribution in [2.45, 2.75) is 36.5 Å². The van der Waals surface area contributed by atoms with Gasteiger partial charge in [0.05, 0.1) is 35.8 Å². The number of H-pyrrole nitrogens is 1. The number of thiazole rings is 1. The van der Waals surface area contributed by atoms with Gasteiger partial charge in [0.15, 0.2) is 18.1 Å². The molecule has 7 atom stereocenters. The first kappa shape index (κ1) is 28.1. The number of nitrogens with one attached hydrogen (secondary N) is 1. The van der Waals surface area contributed by atoms with Crippen LogP contribution in [-0.2, 0) is 19.1 Å². The van der Waals surface area contributed by atoms with Crippen LogP contribution in [0.25, 0.3) is 0 Å². The van der Waals surface area contributed by atoms with Crippen molar-refractivity contribution in [3.63, 3.8) is 0 Å². The van der Waals surface area contributed by atoms with Crippen LogP contribution in [0.3, 0.4) is 0 Å². The Morgan fingerprint density at radius 1 is 0.977 bits per heavy atom. The third-order valence-electron chi connectivity index (χ3n) is 9.09. The van der Waals surface area contributed by atoms with Crippen molar-refractivity contribution in [1.82, 2.24) is 4.98 Å². The van der Waals surface area contributed by atoms with Gasteiger partial charge in [-0.1, -0.05) is 17.4 Å². The number of aromatic amines is 1. The second kappa shape index (κ2) is 10.8. The second-order valence-corrected chi connectivity index (χ2v) is 13.4. The lowest BCUT2D eigenvalue weighted by atomic mass is 9.68. The minimum Gasteiger partial charge on any atom is -0.490 e. The Bertz CT molecular complexity index is 1670. The van der Waals surface area contributed by atoms with E-state index < -0.39 is 23.6 Å². The molecule has 3 heterocycles. The number of imide groups is 1. The van der Waals surface area contributed by atoms with Crippen molar-refractivity contribution in [2.75, 3.05) is 24.7 Å². The van der Waals surface area contributed by atoms with E-state index >= 15 is 0 Å². The highest BCUT2D eigenvalue weighted by molar-refractivity contribution is 8.00. The van der Waals surface area contributed by atoms with Crippen molar-refractivity contribution < 1.29 is 33.0 Å². The Morgan fingerprint density at radius 2 is 1.72 bits per heavy atom. The average molecular weight is 625 g/mol. The van der Waals surface area contributed by atoms with E-state index in [4.69, 9.17) is 14.2 Å². The lowest BCUT2D eigenvalue weighted by Crippen LogP contribution is -2.42. The van der Waals surface area contributed by atoms with Gasteiger partial charge in [0, 0.05) is 16.0 Å². The van der Waals surface area contributed by atoms with Crippen molar-refractivity contribution in [1.29, 1.82) is 0 Å². The summed E-state index contributed by atoms with van der Waals surface area (Å²) in [6.07, 6.45) is 0.751. The molecule has 7 rings (SSSR count). The number of thioether (sulfide) groups is 1. The minimum absolute atomic E-state index is 0.000828. The van der Waals surface area contributed by atoms with Gasteiger partial charge >= 0.3 is 10.8 Å². The van der Waals surface area contributed by atoms with Crippen molar-refractivity contribution in [2.24, 2.45) is 29.6 Å². The number of carbonyl (C=O) groups excluding carboxylic acids is 3. The molecular weight excluding hydrogens is 595 g/mol. The van der Waals surface area contributed by atoms with Crippen LogP contribution in [0.15, 0.2) is 52.3 Å². The van der Waals surface area contributed by atoms with Gasteiger partial charge in [0.1, 0.15) is 5.82 Å². The Kier molecular flexibility index (Phi) is 7.08. The number of anilines is 1. The van der Waals surface area contributed by atoms with Crippen LogP contribution in [0, 0.1) is 35.4 Å². The number of halogens is 1. The summed E-state index contributed by atoms with van der Waals surface area (Å²) in [4.78, 5) is 57.1. The number of fused-ring (bicyclic) bond motifs is 9. The zero-order valence-corrected chi connectivity index (χ0v) is 25.0. The smallest absolute Gasteiger partial charge is 0.344 e. The molecule has 2 aromatic carbocycles. The third-order valence-corrected chi connectivity index (χ3v) is 11.7. The number of nitrogens with zero attached hydrogens (tertiary/aromatic N) is 1. The Morgan fingerprint density at radius 3 is 2.44 bits per heavy atom. The predicted octanol–water partition coefficient (Wildman–Crippen LogP) is 4.59. The summed E-state index contributed by atoms with van der Waals surface area (Å²) in [5.74, 6) is -1.72. The molecule has 12 heteroatoms. The Labute approximate surface area is 254 Å². The number of esters is 1. The fraction of sp³-hybridized carbons (Fsp3) is 0.419. The molecule has 4 aliphatic rings. The fourth-order valence-corrected chi connectivity index (χ4v) is 10.6. The van der Waals surface area contributed by atoms with Gasteiger partial charge in [-0.3, -0.25) is 19.3 Å². The van der Waals surface area contributed by atoms with Crippen molar-refractivity contribution >= 4 is 46.6 Å². The first-order valence-corrected chi connectivity index (χ1v) is 16.1. The maximum atomic E-state index is 13.9. The van der Waals surface area contributed by atoms with E-state index in [1.807, 2.05) is 19.1 Å². The molecule has 3 aromatic rings. The van der Waals surface area contributed by atoms with E-state index in [2.05, 4.69) is 4.98 Å². The van der Waals surface area contributed by atoms with Crippen LogP contribution in [0.1, 0.15) is 36.6 Å². The number of carbonyl (C=O) groups is 3. The molecule has 9 nitrogen and oxygen atoms in total. The summed E-state index contributed by atoms with van der Waals surface area (Å²) >= 11 is 2.79. The molecular formula is C31H29FN2O7S2. The lowest BCUT2D eigenvalue weighted by Gasteiger charge is -2.43. The molecule has 2 aliphatic heterocycles. The first-order chi connectivity index (χ1) is 20.8. The number of amides is 2. The zero-order chi connectivity index (χ0) is 30.0. The van der Waals surface area contributed by atoms with Gasteiger partial charge in [-0.05, 0) is 80.0 Å². The van der Waals surface area contributed by atoms with E-state index in [9.17, 15) is 23.6 Å². The number of hydrogen-bond acceptors (Lipinski definition) is 9. The van der Waals surface area contributed by atoms with Gasteiger partial charge in [0.25, 0.3) is 0 Å². The SMILES string of the molecule is CCOC(=O)COc1ccc([C@H]2c3sc(=O)[nH]c3SC3C4CC(C5C(=O)N(c6ccc(F)cc6)C(=O)C45)C32)cc1OCC. The minimum atomic E-state index is -0.482. The van der Waals surface area contributed by atoms with Crippen LogP contribution >= 0.6 is 23.1 Å². The van der Waals surface area contributed by atoms with Crippen molar-refractivity contribution in [3.8, 4) is 11.5 Å². The van der Waals surface area contributed by atoms with Gasteiger partial charge < -0.3 is 19.2 Å². The fourth-order valence-electron chi connectivity index (χ4n) is 7.68. The molecule has 43 heavy (non-hydrogen) atoms. The monoisotopic (exact) mass is 624 g/mol. The highest BCUT2D eigenvalue weighted by atomic mass is 32.2. The molecule has 1 aromatic heterocycles. The standard InChI is InChI=1S/C31H29FN2O7S2/c1-3-39-20-11-14(5-10-19(20)41-13-21(35)40-4-2)22-23-17-12-18(26(23)42-28-27(22)43-31(38)33-28)25-24(17)29(36)34(30(25)37)16-8-6-15(32)7-9-16/h5-11,17-18,22-26H,3-4,12-13H2,1-2H3,(H,33,38)/t17?,18?,22-,23?,24?,25?,26?/m1/s1. The third kappa shape index (κ3) is 4.48. The molecule has 2 aliphatic carbocycles. The Balaban J connectivity index is 1.26. The van der Waals surface area contributed by atoms with Crippen LogP contribution < -0.4 is 19.2 Å². The van der Waals surface area contributed by atoms with Crippen LogP contribution in [0.4, 0.5) is 10.1 Å². The van der Waals surface area contributed by atoms with Crippen molar-refractivity contribution in [3.05, 3.63) is 68.4 Å². The predicted molar refractivity (Wildman–Crippen MR) is 157 cm³/mol. The molecule has 1 N–H and O–H groups in total. The van der Waals surface area contributed by atoms with E-state index in [1.54, 1.807) is 24.8 Å². The van der Waals surface area contributed by atoms with E-state index in [1.165, 1.54) is 40.5 Å². The maximum Gasteiger partial charge on any atom is 0.344 e. The Hall–Kier alpha value is -3.64. The summed E-state index contributed by atoms with van der Waals surface area (Å²) in [6.45, 7) is 3.96. The van der Waals surface area contributed by atoms with E-state index in [-0.39, 0.29) is 58.8 Å². The quantitative estimate of drug-likeness (QED) is 0.286. The number of hydrogen-bond donors (Lipinski definition) is 1. The van der Waals surface area contributed by atoms with Crippen LogP contribution in [0.2, 0.25) is 0 Å². The van der Waals surface area contributed by atoms with Gasteiger partial charge in [-0.2, -0.15) is 0 Å². The topological polar surface area (TPSA) is 115 Å². The first-order valence-electron chi connectivity index (χ1n) is 14.4. The largest absolute Gasteiger partial charge is 0.490 e. The molecule has 0 spiro atoms. The summed E-state index contributed by atoms with van der Waals surface area (Å²) in [5, 5.41) is 0.826. The van der Waals surface area contributed by atoms with Gasteiger partial charge in [-0.25, -0.2) is 9.18 Å². The number of aromatic nitrogens is 1. The molecule has 6 unspecified atom stereocenters. The normalized spacial score (nSPS) is 28.4. The maximum absolute atomic E-state index is 13.9. The molecule has 0 radical (unpaired) electrons. The van der Waals surface area contributed by atoms with Gasteiger partial charge in [0.2, 0.25) is 11.8 Å². The summed E-state index contributed by atoms with van der Waals surface area (Å²) in [7, 11) is 0. The summed E-state index contributed by atoms with van der Waals surface area (Å²) < 4.78 is 30.3. The number of ether oxygens (including phenoxy) is 3. The summed E-state index contributed by atoms with van der Waals surface area (Å²) in [5.41, 5.74) is 1.30. The zero-order valence-electron chi connectivity index (χ0n) is 23.4. The molecule has 1 saturated heterocycles. The van der Waals surface area contributed by atoms with E-state index in [0.29, 0.717) is 23.8 Å². The van der Waals surface area contributed by atoms with E-state index in [0.717, 1.165) is 21.9 Å². The molecule has 2 saturated carbocycles. The van der Waals surface area contributed by atoms with Crippen LogP contribution in [-0.4, -0.2) is 47.8 Å². The average Bonchev–Trinajstić information content (AvgIpc) is 3.72. The number of benzene rings is 2. The molecule has 3 fully saturated rings. The molecule has 2 bridgehead atoms. The van der Waals surface area contributed by atoms with Crippen LogP contribution in [0.5, 0.6) is 11.5 Å². The molecule has 224 valence electrons. The highest BCUT2D eigenvalue weighted by Gasteiger charge is 2.69. The molecule has 2 amide bonds. The van der Waals surface area contributed by atoms with Gasteiger partial charge in [-0.15, -0.1) is 11.8 Å². The lowest BCUT2D eigenvalue weighted by molar-refractivity contribution is -0.145.